The van der Waals surface area contributed by atoms with Crippen molar-refractivity contribution in [3.63, 3.8) is 0 Å². The van der Waals surface area contributed by atoms with E-state index in [9.17, 15) is 4.79 Å². The lowest BCUT2D eigenvalue weighted by molar-refractivity contribution is -0.138. The van der Waals surface area contributed by atoms with Crippen molar-refractivity contribution in [1.29, 1.82) is 0 Å². The molecule has 1 fully saturated rings. The molecule has 0 bridgehead atoms. The Morgan fingerprint density at radius 2 is 2.22 bits per heavy atom. The van der Waals surface area contributed by atoms with Gasteiger partial charge >= 0.3 is 5.97 Å². The first-order valence-electron chi connectivity index (χ1n) is 6.69. The molecule has 1 heterocycles. The van der Waals surface area contributed by atoms with E-state index < -0.39 is 5.97 Å². The Morgan fingerprint density at radius 3 is 2.83 bits per heavy atom. The zero-order valence-corrected chi connectivity index (χ0v) is 10.7. The minimum atomic E-state index is -0.802. The maximum atomic E-state index is 10.8. The summed E-state index contributed by atoms with van der Waals surface area (Å²) in [7, 11) is 0. The smallest absolute Gasteiger partial charge is 0.305 e. The van der Waals surface area contributed by atoms with E-state index in [4.69, 9.17) is 5.11 Å². The molecule has 0 aromatic carbocycles. The Kier molecular flexibility index (Phi) is 4.28. The zero-order valence-electron chi connectivity index (χ0n) is 10.7. The van der Waals surface area contributed by atoms with Crippen LogP contribution in [0.5, 0.6) is 0 Å². The number of nitrogens with zero attached hydrogens (tertiary/aromatic N) is 4. The number of hydrogen-bond acceptors (Lipinski definition) is 4. The molecule has 0 saturated heterocycles. The highest BCUT2D eigenvalue weighted by atomic mass is 16.4. The van der Waals surface area contributed by atoms with Crippen LogP contribution in [0.2, 0.25) is 0 Å². The van der Waals surface area contributed by atoms with Crippen molar-refractivity contribution in [3.05, 3.63) is 5.82 Å². The average Bonchev–Trinajstić information content (AvgIpc) is 2.98. The first kappa shape index (κ1) is 13.0. The quantitative estimate of drug-likeness (QED) is 0.835. The van der Waals surface area contributed by atoms with E-state index in [2.05, 4.69) is 15.5 Å². The predicted molar refractivity (Wildman–Crippen MR) is 65.1 cm³/mol. The summed E-state index contributed by atoms with van der Waals surface area (Å²) in [6.45, 7) is 1.97. The van der Waals surface area contributed by atoms with Gasteiger partial charge in [0, 0.05) is 6.42 Å². The van der Waals surface area contributed by atoms with Crippen LogP contribution >= 0.6 is 0 Å². The van der Waals surface area contributed by atoms with Crippen molar-refractivity contribution in [2.45, 2.75) is 57.9 Å². The van der Waals surface area contributed by atoms with E-state index in [1.807, 2.05) is 6.92 Å². The number of tetrazole rings is 1. The van der Waals surface area contributed by atoms with Crippen LogP contribution in [-0.4, -0.2) is 31.3 Å². The van der Waals surface area contributed by atoms with E-state index in [0.29, 0.717) is 5.92 Å². The van der Waals surface area contributed by atoms with Crippen LogP contribution in [0.4, 0.5) is 0 Å². The van der Waals surface area contributed by atoms with Gasteiger partial charge in [-0.3, -0.25) is 4.79 Å². The maximum absolute atomic E-state index is 10.8. The SMILES string of the molecule is CCC(CC(=O)O)n1nnnc1CC1CCCC1. The molecule has 0 aliphatic heterocycles. The van der Waals surface area contributed by atoms with Gasteiger partial charge < -0.3 is 5.11 Å². The maximum Gasteiger partial charge on any atom is 0.305 e. The zero-order chi connectivity index (χ0) is 13.0. The average molecular weight is 252 g/mol. The molecule has 1 aromatic rings. The molecule has 1 unspecified atom stereocenters. The molecule has 100 valence electrons. The molecule has 6 nitrogen and oxygen atoms in total. The molecule has 1 aromatic heterocycles. The third-order valence-corrected chi connectivity index (χ3v) is 3.73. The summed E-state index contributed by atoms with van der Waals surface area (Å²) in [4.78, 5) is 10.8. The minimum absolute atomic E-state index is 0.0825. The number of aliphatic carboxylic acids is 1. The van der Waals surface area contributed by atoms with Crippen molar-refractivity contribution in [2.24, 2.45) is 5.92 Å². The summed E-state index contributed by atoms with van der Waals surface area (Å²) < 4.78 is 1.71. The molecule has 2 rings (SSSR count). The van der Waals surface area contributed by atoms with Crippen molar-refractivity contribution in [1.82, 2.24) is 20.2 Å². The fraction of sp³-hybridized carbons (Fsp3) is 0.833. The molecule has 0 amide bonds. The fourth-order valence-electron chi connectivity index (χ4n) is 2.71. The highest BCUT2D eigenvalue weighted by molar-refractivity contribution is 5.67. The highest BCUT2D eigenvalue weighted by Crippen LogP contribution is 2.28. The van der Waals surface area contributed by atoms with Crippen LogP contribution in [0.25, 0.3) is 0 Å². The summed E-state index contributed by atoms with van der Waals surface area (Å²) in [6.07, 6.45) is 6.75. The van der Waals surface area contributed by atoms with Gasteiger partial charge in [-0.05, 0) is 22.8 Å². The Bertz CT molecular complexity index is 399. The lowest BCUT2D eigenvalue weighted by Gasteiger charge is -2.15. The molecule has 1 atom stereocenters. The van der Waals surface area contributed by atoms with Crippen LogP contribution in [-0.2, 0) is 11.2 Å². The van der Waals surface area contributed by atoms with Gasteiger partial charge in [-0.1, -0.05) is 32.6 Å². The van der Waals surface area contributed by atoms with E-state index in [-0.39, 0.29) is 12.5 Å². The van der Waals surface area contributed by atoms with Crippen molar-refractivity contribution in [3.8, 4) is 0 Å². The fourth-order valence-corrected chi connectivity index (χ4v) is 2.71. The molecule has 1 N–H and O–H groups in total. The molecule has 1 saturated carbocycles. The number of carboxylic acids is 1. The molecule has 1 aliphatic rings. The summed E-state index contributed by atoms with van der Waals surface area (Å²) >= 11 is 0. The van der Waals surface area contributed by atoms with Crippen LogP contribution < -0.4 is 0 Å². The van der Waals surface area contributed by atoms with Gasteiger partial charge in [0.25, 0.3) is 0 Å². The van der Waals surface area contributed by atoms with Crippen LogP contribution in [0.3, 0.4) is 0 Å². The summed E-state index contributed by atoms with van der Waals surface area (Å²) in [5.74, 6) is 0.705. The van der Waals surface area contributed by atoms with Gasteiger partial charge in [-0.15, -0.1) is 5.10 Å². The lowest BCUT2D eigenvalue weighted by Crippen LogP contribution is -2.18. The Morgan fingerprint density at radius 1 is 1.50 bits per heavy atom. The third kappa shape index (κ3) is 3.05. The summed E-state index contributed by atoms with van der Waals surface area (Å²) in [5.41, 5.74) is 0. The number of rotatable bonds is 6. The first-order chi connectivity index (χ1) is 8.70. The Hall–Kier alpha value is -1.46. The Labute approximate surface area is 106 Å². The topological polar surface area (TPSA) is 80.9 Å². The van der Waals surface area contributed by atoms with Crippen molar-refractivity contribution >= 4 is 5.97 Å². The molecule has 0 radical (unpaired) electrons. The van der Waals surface area contributed by atoms with Crippen LogP contribution in [0.1, 0.15) is 57.3 Å². The molecule has 18 heavy (non-hydrogen) atoms. The number of carboxylic acid groups (broad SMARTS) is 1. The number of hydrogen-bond donors (Lipinski definition) is 1. The van der Waals surface area contributed by atoms with E-state index in [1.54, 1.807) is 4.68 Å². The second-order valence-electron chi connectivity index (χ2n) is 5.05. The second-order valence-corrected chi connectivity index (χ2v) is 5.05. The molecular formula is C12H20N4O2. The summed E-state index contributed by atoms with van der Waals surface area (Å²) in [6, 6.07) is -0.131. The van der Waals surface area contributed by atoms with Gasteiger partial charge in [0.05, 0.1) is 12.5 Å². The van der Waals surface area contributed by atoms with Gasteiger partial charge in [-0.2, -0.15) is 0 Å². The van der Waals surface area contributed by atoms with Gasteiger partial charge in [0.15, 0.2) is 5.82 Å². The van der Waals surface area contributed by atoms with Crippen molar-refractivity contribution < 1.29 is 9.90 Å². The van der Waals surface area contributed by atoms with E-state index in [0.717, 1.165) is 18.7 Å². The van der Waals surface area contributed by atoms with E-state index in [1.165, 1.54) is 25.7 Å². The summed E-state index contributed by atoms with van der Waals surface area (Å²) in [5, 5.41) is 20.7. The standard InChI is InChI=1S/C12H20N4O2/c1-2-10(8-12(17)18)16-11(13-14-15-16)7-9-5-3-4-6-9/h9-10H,2-8H2,1H3,(H,17,18). The second kappa shape index (κ2) is 5.93. The monoisotopic (exact) mass is 252 g/mol. The molecular weight excluding hydrogens is 232 g/mol. The number of carbonyl (C=O) groups is 1. The van der Waals surface area contributed by atoms with Gasteiger partial charge in [0.1, 0.15) is 0 Å². The molecule has 6 heteroatoms. The lowest BCUT2D eigenvalue weighted by atomic mass is 10.0. The van der Waals surface area contributed by atoms with Crippen LogP contribution in [0.15, 0.2) is 0 Å². The van der Waals surface area contributed by atoms with E-state index >= 15 is 0 Å². The minimum Gasteiger partial charge on any atom is -0.481 e. The van der Waals surface area contributed by atoms with Gasteiger partial charge in [-0.25, -0.2) is 4.68 Å². The van der Waals surface area contributed by atoms with Crippen molar-refractivity contribution in [2.75, 3.05) is 0 Å². The van der Waals surface area contributed by atoms with Crippen LogP contribution in [0, 0.1) is 5.92 Å². The number of aromatic nitrogens is 4. The highest BCUT2D eigenvalue weighted by Gasteiger charge is 2.22. The Balaban J connectivity index is 2.07. The first-order valence-corrected chi connectivity index (χ1v) is 6.69. The molecule has 1 aliphatic carbocycles. The van der Waals surface area contributed by atoms with Gasteiger partial charge in [0.2, 0.25) is 0 Å². The normalized spacial score (nSPS) is 18.1. The predicted octanol–water partition coefficient (Wildman–Crippen LogP) is 1.83. The third-order valence-electron chi connectivity index (χ3n) is 3.73. The molecule has 0 spiro atoms. The largest absolute Gasteiger partial charge is 0.481 e.